The molecule has 0 heterocycles. The van der Waals surface area contributed by atoms with Crippen LogP contribution < -0.4 is 11.1 Å². The molecule has 5 heteroatoms. The van der Waals surface area contributed by atoms with Crippen LogP contribution in [0, 0.1) is 6.92 Å². The average molecular weight is 301 g/mol. The van der Waals surface area contributed by atoms with Gasteiger partial charge in [-0.2, -0.15) is 0 Å². The van der Waals surface area contributed by atoms with Gasteiger partial charge in [-0.25, -0.2) is 0 Å². The third kappa shape index (κ3) is 3.28. The summed E-state index contributed by atoms with van der Waals surface area (Å²) in [6.45, 7) is 3.68. The second-order valence-corrected chi connectivity index (χ2v) is 4.91. The Labute approximate surface area is 109 Å². The molecule has 0 saturated carbocycles. The van der Waals surface area contributed by atoms with Crippen LogP contribution in [0.1, 0.15) is 22.8 Å². The summed E-state index contributed by atoms with van der Waals surface area (Å²) < 4.78 is 0.755. The number of rotatable bonds is 3. The number of halogens is 1. The minimum absolute atomic E-state index is 0.184. The van der Waals surface area contributed by atoms with E-state index < -0.39 is 0 Å². The Bertz CT molecular complexity index is 434. The van der Waals surface area contributed by atoms with Crippen LogP contribution in [0.4, 0.5) is 0 Å². The van der Waals surface area contributed by atoms with Crippen LogP contribution in [0.15, 0.2) is 22.7 Å². The van der Waals surface area contributed by atoms with Gasteiger partial charge in [0.25, 0.3) is 5.91 Å². The molecule has 1 rings (SSSR count). The predicted molar refractivity (Wildman–Crippen MR) is 72.6 cm³/mol. The Balaban J connectivity index is 2.88. The highest BCUT2D eigenvalue weighted by Gasteiger charge is 2.14. The topological polar surface area (TPSA) is 55.1 Å². The summed E-state index contributed by atoms with van der Waals surface area (Å²) in [5.41, 5.74) is 7.05. The minimum Gasteiger partial charge on any atom is -0.392 e. The third-order valence-electron chi connectivity index (χ3n) is 2.14. The van der Waals surface area contributed by atoms with Gasteiger partial charge in [0.05, 0.1) is 16.6 Å². The zero-order valence-electron chi connectivity index (χ0n) is 9.08. The molecule has 1 amide bonds. The molecule has 1 aromatic carbocycles. The number of carbonyl (C=O) groups is 1. The van der Waals surface area contributed by atoms with Crippen molar-refractivity contribution in [3.8, 4) is 0 Å². The number of benzene rings is 1. The molecule has 3 N–H and O–H groups in total. The van der Waals surface area contributed by atoms with Gasteiger partial charge >= 0.3 is 0 Å². The van der Waals surface area contributed by atoms with E-state index in [0.717, 1.165) is 10.0 Å². The van der Waals surface area contributed by atoms with Crippen molar-refractivity contribution >= 4 is 39.0 Å². The van der Waals surface area contributed by atoms with E-state index in [1.165, 1.54) is 0 Å². The van der Waals surface area contributed by atoms with Gasteiger partial charge in [-0.15, -0.1) is 0 Å². The summed E-state index contributed by atoms with van der Waals surface area (Å²) in [5.74, 6) is -0.184. The van der Waals surface area contributed by atoms with Crippen molar-refractivity contribution in [2.75, 3.05) is 0 Å². The van der Waals surface area contributed by atoms with Crippen molar-refractivity contribution < 1.29 is 4.79 Å². The molecule has 1 unspecified atom stereocenters. The molecule has 3 nitrogen and oxygen atoms in total. The van der Waals surface area contributed by atoms with Crippen molar-refractivity contribution in [2.45, 2.75) is 19.9 Å². The van der Waals surface area contributed by atoms with Gasteiger partial charge in [-0.05, 0) is 41.9 Å². The maximum absolute atomic E-state index is 11.9. The third-order valence-corrected chi connectivity index (χ3v) is 3.19. The van der Waals surface area contributed by atoms with E-state index in [4.69, 9.17) is 18.0 Å². The summed E-state index contributed by atoms with van der Waals surface area (Å²) in [4.78, 5) is 12.2. The van der Waals surface area contributed by atoms with Crippen molar-refractivity contribution in [3.63, 3.8) is 0 Å². The van der Waals surface area contributed by atoms with E-state index in [1.54, 1.807) is 6.92 Å². The van der Waals surface area contributed by atoms with Crippen LogP contribution in [-0.2, 0) is 0 Å². The lowest BCUT2D eigenvalue weighted by Gasteiger charge is -2.13. The van der Waals surface area contributed by atoms with Gasteiger partial charge in [0, 0.05) is 4.47 Å². The second kappa shape index (κ2) is 5.41. The standard InChI is InChI=1S/C11H13BrN2OS/c1-6-3-4-9(12)8(5-6)11(15)14-7(2)10(13)16/h3-5,7H,1-2H3,(H2,13,16)(H,14,15). The predicted octanol–water partition coefficient (Wildman–Crippen LogP) is 2.16. The Kier molecular flexibility index (Phi) is 4.44. The lowest BCUT2D eigenvalue weighted by Crippen LogP contribution is -2.41. The Morgan fingerprint density at radius 2 is 2.19 bits per heavy atom. The quantitative estimate of drug-likeness (QED) is 0.841. The fraction of sp³-hybridized carbons (Fsp3) is 0.273. The molecule has 0 aliphatic carbocycles. The van der Waals surface area contributed by atoms with Gasteiger partial charge in [-0.1, -0.05) is 23.8 Å². The number of thiocarbonyl (C=S) groups is 1. The van der Waals surface area contributed by atoms with Crippen LogP contribution >= 0.6 is 28.1 Å². The number of hydrogen-bond acceptors (Lipinski definition) is 2. The molecular weight excluding hydrogens is 288 g/mol. The average Bonchev–Trinajstić information content (AvgIpc) is 2.21. The summed E-state index contributed by atoms with van der Waals surface area (Å²) in [6.07, 6.45) is 0. The largest absolute Gasteiger partial charge is 0.392 e. The number of carbonyl (C=O) groups excluding carboxylic acids is 1. The molecule has 1 atom stereocenters. The van der Waals surface area contributed by atoms with Crippen molar-refractivity contribution in [3.05, 3.63) is 33.8 Å². The normalized spacial score (nSPS) is 11.9. The van der Waals surface area contributed by atoms with Gasteiger partial charge in [0.15, 0.2) is 0 Å². The van der Waals surface area contributed by atoms with Gasteiger partial charge in [0.2, 0.25) is 0 Å². The fourth-order valence-electron chi connectivity index (χ4n) is 1.16. The van der Waals surface area contributed by atoms with Crippen LogP contribution in [0.5, 0.6) is 0 Å². The first-order chi connectivity index (χ1) is 7.41. The summed E-state index contributed by atoms with van der Waals surface area (Å²) >= 11 is 8.13. The molecule has 0 aliphatic heterocycles. The van der Waals surface area contributed by atoms with Gasteiger partial charge < -0.3 is 11.1 Å². The smallest absolute Gasteiger partial charge is 0.252 e. The van der Waals surface area contributed by atoms with Crippen molar-refractivity contribution in [2.24, 2.45) is 5.73 Å². The minimum atomic E-state index is -0.310. The first-order valence-corrected chi connectivity index (χ1v) is 5.98. The van der Waals surface area contributed by atoms with Crippen LogP contribution in [0.2, 0.25) is 0 Å². The highest BCUT2D eigenvalue weighted by Crippen LogP contribution is 2.18. The molecule has 16 heavy (non-hydrogen) atoms. The van der Waals surface area contributed by atoms with E-state index in [9.17, 15) is 4.79 Å². The number of amides is 1. The van der Waals surface area contributed by atoms with E-state index >= 15 is 0 Å². The zero-order valence-corrected chi connectivity index (χ0v) is 11.5. The SMILES string of the molecule is Cc1ccc(Br)c(C(=O)NC(C)C(N)=S)c1. The van der Waals surface area contributed by atoms with Crippen molar-refractivity contribution in [1.82, 2.24) is 5.32 Å². The van der Waals surface area contributed by atoms with E-state index in [0.29, 0.717) is 5.56 Å². The first-order valence-electron chi connectivity index (χ1n) is 4.78. The fourth-order valence-corrected chi connectivity index (χ4v) is 1.64. The number of nitrogens with two attached hydrogens (primary N) is 1. The summed E-state index contributed by atoms with van der Waals surface area (Å²) in [6, 6.07) is 5.27. The molecule has 0 spiro atoms. The van der Waals surface area contributed by atoms with Gasteiger partial charge in [0.1, 0.15) is 0 Å². The second-order valence-electron chi connectivity index (χ2n) is 3.58. The maximum atomic E-state index is 11.9. The molecule has 86 valence electrons. The van der Waals surface area contributed by atoms with E-state index in [-0.39, 0.29) is 16.9 Å². The first kappa shape index (κ1) is 13.1. The number of hydrogen-bond donors (Lipinski definition) is 2. The molecule has 0 aromatic heterocycles. The lowest BCUT2D eigenvalue weighted by molar-refractivity contribution is 0.0948. The molecule has 0 aliphatic rings. The number of aryl methyl sites for hydroxylation is 1. The Morgan fingerprint density at radius 3 is 2.75 bits per heavy atom. The monoisotopic (exact) mass is 300 g/mol. The highest BCUT2D eigenvalue weighted by molar-refractivity contribution is 9.10. The number of nitrogens with one attached hydrogen (secondary N) is 1. The molecule has 1 aromatic rings. The zero-order chi connectivity index (χ0) is 12.3. The Hall–Kier alpha value is -0.940. The summed E-state index contributed by atoms with van der Waals surface area (Å²) in [5, 5.41) is 2.73. The maximum Gasteiger partial charge on any atom is 0.252 e. The lowest BCUT2D eigenvalue weighted by atomic mass is 10.1. The Morgan fingerprint density at radius 1 is 1.56 bits per heavy atom. The molecular formula is C11H13BrN2OS. The van der Waals surface area contributed by atoms with Gasteiger partial charge in [-0.3, -0.25) is 4.79 Å². The highest BCUT2D eigenvalue weighted by atomic mass is 79.9. The van der Waals surface area contributed by atoms with Crippen LogP contribution in [0.25, 0.3) is 0 Å². The molecule has 0 radical (unpaired) electrons. The summed E-state index contributed by atoms with van der Waals surface area (Å²) in [7, 11) is 0. The van der Waals surface area contributed by atoms with Crippen LogP contribution in [-0.4, -0.2) is 16.9 Å². The van der Waals surface area contributed by atoms with E-state index in [2.05, 4.69) is 21.2 Å². The van der Waals surface area contributed by atoms with Crippen molar-refractivity contribution in [1.29, 1.82) is 0 Å². The molecule has 0 fully saturated rings. The van der Waals surface area contributed by atoms with E-state index in [1.807, 2.05) is 25.1 Å². The molecule has 0 bridgehead atoms. The molecule has 0 saturated heterocycles. The van der Waals surface area contributed by atoms with Crippen LogP contribution in [0.3, 0.4) is 0 Å².